The summed E-state index contributed by atoms with van der Waals surface area (Å²) in [5, 5.41) is 0. The van der Waals surface area contributed by atoms with Crippen molar-refractivity contribution in [2.45, 2.75) is 17.2 Å². The third kappa shape index (κ3) is 2.41. The smallest absolute Gasteiger partial charge is 0.252 e. The van der Waals surface area contributed by atoms with E-state index in [2.05, 4.69) is 0 Å². The highest BCUT2D eigenvalue weighted by molar-refractivity contribution is 7.91. The zero-order valence-corrected chi connectivity index (χ0v) is 11.1. The molecule has 7 heteroatoms. The second-order valence-electron chi connectivity index (χ2n) is 3.60. The van der Waals surface area contributed by atoms with E-state index in [0.29, 0.717) is 28.2 Å². The molecule has 2 rings (SSSR count). The summed E-state index contributed by atoms with van der Waals surface area (Å²) >= 11 is 6.83. The largest absolute Gasteiger partial charge is 0.376 e. The Morgan fingerprint density at radius 2 is 2.31 bits per heavy atom. The first kappa shape index (κ1) is 12.3. The van der Waals surface area contributed by atoms with Crippen molar-refractivity contribution in [3.63, 3.8) is 0 Å². The molecule has 1 aliphatic rings. The van der Waals surface area contributed by atoms with Crippen LogP contribution in [0.5, 0.6) is 0 Å². The van der Waals surface area contributed by atoms with E-state index in [1.807, 2.05) is 6.92 Å². The number of hydrogen-bond acceptors (Lipinski definition) is 4. The van der Waals surface area contributed by atoms with Gasteiger partial charge < -0.3 is 4.74 Å². The average molecular weight is 282 g/mol. The Bertz CT molecular complexity index is 471. The van der Waals surface area contributed by atoms with Crippen LogP contribution in [-0.2, 0) is 14.8 Å². The van der Waals surface area contributed by atoms with Crippen LogP contribution in [0.1, 0.15) is 6.92 Å². The zero-order chi connectivity index (χ0) is 11.8. The Morgan fingerprint density at radius 1 is 1.56 bits per heavy atom. The van der Waals surface area contributed by atoms with Gasteiger partial charge in [-0.1, -0.05) is 11.6 Å². The monoisotopic (exact) mass is 281 g/mol. The first-order valence-corrected chi connectivity index (χ1v) is 7.50. The number of thiophene rings is 1. The molecular formula is C9H12ClNO3S2. The van der Waals surface area contributed by atoms with E-state index in [0.717, 1.165) is 11.3 Å². The van der Waals surface area contributed by atoms with Crippen molar-refractivity contribution in [1.82, 2.24) is 4.31 Å². The number of ether oxygens (including phenoxy) is 1. The van der Waals surface area contributed by atoms with Gasteiger partial charge in [0.25, 0.3) is 10.0 Å². The van der Waals surface area contributed by atoms with Crippen LogP contribution in [0.4, 0.5) is 0 Å². The predicted octanol–water partition coefficient (Wildman–Crippen LogP) is 1.81. The lowest BCUT2D eigenvalue weighted by Gasteiger charge is -2.29. The highest BCUT2D eigenvalue weighted by Crippen LogP contribution is 2.28. The maximum atomic E-state index is 12.2. The summed E-state index contributed by atoms with van der Waals surface area (Å²) in [7, 11) is -3.39. The quantitative estimate of drug-likeness (QED) is 0.831. The first-order valence-electron chi connectivity index (χ1n) is 4.87. The van der Waals surface area contributed by atoms with Gasteiger partial charge >= 0.3 is 0 Å². The molecule has 0 N–H and O–H groups in total. The molecular weight excluding hydrogens is 270 g/mol. The zero-order valence-electron chi connectivity index (χ0n) is 8.72. The summed E-state index contributed by atoms with van der Waals surface area (Å²) in [5.74, 6) is 0. The third-order valence-electron chi connectivity index (χ3n) is 2.35. The van der Waals surface area contributed by atoms with E-state index in [-0.39, 0.29) is 6.10 Å². The fourth-order valence-corrected chi connectivity index (χ4v) is 4.70. The van der Waals surface area contributed by atoms with Gasteiger partial charge in [-0.25, -0.2) is 8.42 Å². The van der Waals surface area contributed by atoms with Crippen LogP contribution in [0, 0.1) is 0 Å². The molecule has 1 unspecified atom stereocenters. The van der Waals surface area contributed by atoms with Gasteiger partial charge in [0.1, 0.15) is 4.21 Å². The molecule has 4 nitrogen and oxygen atoms in total. The van der Waals surface area contributed by atoms with Crippen LogP contribution < -0.4 is 0 Å². The number of morpholine rings is 1. The second-order valence-corrected chi connectivity index (χ2v) is 7.48. The Balaban J connectivity index is 2.25. The second kappa shape index (κ2) is 4.62. The number of halogens is 1. The minimum atomic E-state index is -3.39. The van der Waals surface area contributed by atoms with Gasteiger partial charge in [0.15, 0.2) is 0 Å². The van der Waals surface area contributed by atoms with Gasteiger partial charge in [-0.05, 0) is 19.1 Å². The standard InChI is InChI=1S/C9H12ClNO3S2/c1-7-6-11(4-5-14-7)16(12,13)9-3-2-8(10)15-9/h2-3,7H,4-6H2,1H3. The molecule has 90 valence electrons. The van der Waals surface area contributed by atoms with E-state index in [9.17, 15) is 8.42 Å². The van der Waals surface area contributed by atoms with Crippen LogP contribution in [0.25, 0.3) is 0 Å². The van der Waals surface area contributed by atoms with E-state index < -0.39 is 10.0 Å². The molecule has 0 saturated carbocycles. The Morgan fingerprint density at radius 3 is 2.88 bits per heavy atom. The van der Waals surface area contributed by atoms with E-state index in [1.165, 1.54) is 4.31 Å². The molecule has 0 spiro atoms. The van der Waals surface area contributed by atoms with Crippen molar-refractivity contribution in [2.24, 2.45) is 0 Å². The normalized spacial score (nSPS) is 23.5. The van der Waals surface area contributed by atoms with Crippen LogP contribution in [0.2, 0.25) is 4.34 Å². The number of nitrogens with zero attached hydrogens (tertiary/aromatic N) is 1. The van der Waals surface area contributed by atoms with Gasteiger partial charge in [-0.15, -0.1) is 11.3 Å². The molecule has 2 heterocycles. The van der Waals surface area contributed by atoms with Gasteiger partial charge in [-0.3, -0.25) is 0 Å². The molecule has 0 amide bonds. The minimum absolute atomic E-state index is 0.0565. The topological polar surface area (TPSA) is 46.6 Å². The van der Waals surface area contributed by atoms with Gasteiger partial charge in [0.05, 0.1) is 17.0 Å². The Labute approximate surface area is 104 Å². The van der Waals surface area contributed by atoms with Crippen LogP contribution in [0.15, 0.2) is 16.3 Å². The van der Waals surface area contributed by atoms with Gasteiger partial charge in [-0.2, -0.15) is 4.31 Å². The summed E-state index contributed by atoms with van der Waals surface area (Å²) in [5.41, 5.74) is 0. The molecule has 0 aliphatic carbocycles. The highest BCUT2D eigenvalue weighted by Gasteiger charge is 2.30. The molecule has 1 aromatic heterocycles. The number of sulfonamides is 1. The molecule has 1 aliphatic heterocycles. The maximum Gasteiger partial charge on any atom is 0.252 e. The van der Waals surface area contributed by atoms with E-state index in [1.54, 1.807) is 12.1 Å². The van der Waals surface area contributed by atoms with Gasteiger partial charge in [0, 0.05) is 13.1 Å². The van der Waals surface area contributed by atoms with Crippen molar-refractivity contribution in [2.75, 3.05) is 19.7 Å². The predicted molar refractivity (Wildman–Crippen MR) is 63.5 cm³/mol. The number of hydrogen-bond donors (Lipinski definition) is 0. The summed E-state index contributed by atoms with van der Waals surface area (Å²) in [6.07, 6.45) is -0.0565. The van der Waals surface area contributed by atoms with Crippen molar-refractivity contribution >= 4 is 33.0 Å². The summed E-state index contributed by atoms with van der Waals surface area (Å²) in [4.78, 5) is 0. The van der Waals surface area contributed by atoms with Crippen molar-refractivity contribution < 1.29 is 13.2 Å². The van der Waals surface area contributed by atoms with Crippen LogP contribution in [0.3, 0.4) is 0 Å². The lowest BCUT2D eigenvalue weighted by molar-refractivity contribution is 0.0102. The molecule has 16 heavy (non-hydrogen) atoms. The first-order chi connectivity index (χ1) is 7.50. The summed E-state index contributed by atoms with van der Waals surface area (Å²) in [6, 6.07) is 3.14. The molecule has 1 saturated heterocycles. The number of rotatable bonds is 2. The van der Waals surface area contributed by atoms with Crippen molar-refractivity contribution in [1.29, 1.82) is 0 Å². The molecule has 0 radical (unpaired) electrons. The minimum Gasteiger partial charge on any atom is -0.376 e. The molecule has 1 atom stereocenters. The molecule has 0 bridgehead atoms. The lowest BCUT2D eigenvalue weighted by Crippen LogP contribution is -2.44. The molecule has 0 aromatic carbocycles. The maximum absolute atomic E-state index is 12.2. The summed E-state index contributed by atoms with van der Waals surface area (Å²) < 4.78 is 31.9. The van der Waals surface area contributed by atoms with Crippen molar-refractivity contribution in [3.8, 4) is 0 Å². The van der Waals surface area contributed by atoms with E-state index >= 15 is 0 Å². The van der Waals surface area contributed by atoms with Crippen LogP contribution >= 0.6 is 22.9 Å². The Hall–Kier alpha value is -0.140. The van der Waals surface area contributed by atoms with Gasteiger partial charge in [0.2, 0.25) is 0 Å². The SMILES string of the molecule is CC1CN(S(=O)(=O)c2ccc(Cl)s2)CCO1. The third-order valence-corrected chi connectivity index (χ3v) is 5.91. The Kier molecular flexibility index (Phi) is 3.56. The van der Waals surface area contributed by atoms with Crippen molar-refractivity contribution in [3.05, 3.63) is 16.5 Å². The fourth-order valence-electron chi connectivity index (χ4n) is 1.57. The molecule has 1 fully saturated rings. The van der Waals surface area contributed by atoms with Crippen LogP contribution in [-0.4, -0.2) is 38.5 Å². The fraction of sp³-hybridized carbons (Fsp3) is 0.556. The highest BCUT2D eigenvalue weighted by atomic mass is 35.5. The lowest BCUT2D eigenvalue weighted by atomic mass is 10.3. The summed E-state index contributed by atoms with van der Waals surface area (Å²) in [6.45, 7) is 3.11. The van der Waals surface area contributed by atoms with E-state index in [4.69, 9.17) is 16.3 Å². The molecule has 1 aromatic rings. The average Bonchev–Trinajstić information content (AvgIpc) is 2.65.